The van der Waals surface area contributed by atoms with Gasteiger partial charge < -0.3 is 14.8 Å². The molecule has 0 radical (unpaired) electrons. The van der Waals surface area contributed by atoms with Crippen molar-refractivity contribution in [2.75, 3.05) is 0 Å². The van der Waals surface area contributed by atoms with Crippen LogP contribution >= 0.6 is 0 Å². The number of urea groups is 1. The molecule has 0 aliphatic heterocycles. The van der Waals surface area contributed by atoms with Gasteiger partial charge in [0.2, 0.25) is 0 Å². The van der Waals surface area contributed by atoms with Crippen LogP contribution in [0.4, 0.5) is 4.79 Å². The lowest BCUT2D eigenvalue weighted by atomic mass is 10.1. The number of aryl methyl sites for hydroxylation is 1. The van der Waals surface area contributed by atoms with E-state index in [1.807, 2.05) is 78.9 Å². The molecule has 0 aromatic heterocycles. The molecule has 0 heterocycles. The number of carbonyl (C=O) groups excluding carboxylic acids is 2. The molecule has 4 aromatic carbocycles. The highest BCUT2D eigenvalue weighted by molar-refractivity contribution is 6.07. The summed E-state index contributed by atoms with van der Waals surface area (Å²) < 4.78 is 12.1. The maximum Gasteiger partial charge on any atom is 0.322 e. The van der Waals surface area contributed by atoms with Gasteiger partial charge in [0.15, 0.2) is 0 Å². The molecule has 0 saturated heterocycles. The molecule has 3 amide bonds. The smallest absolute Gasteiger partial charge is 0.322 e. The Hall–Kier alpha value is -4.58. The largest absolute Gasteiger partial charge is 0.488 e. The van der Waals surface area contributed by atoms with Crippen LogP contribution < -0.4 is 20.1 Å². The predicted octanol–water partition coefficient (Wildman–Crippen LogP) is 5.97. The predicted molar refractivity (Wildman–Crippen MR) is 141 cm³/mol. The highest BCUT2D eigenvalue weighted by Gasteiger charge is 2.26. The van der Waals surface area contributed by atoms with Crippen LogP contribution in [0.15, 0.2) is 103 Å². The Kier molecular flexibility index (Phi) is 7.46. The van der Waals surface area contributed by atoms with Crippen molar-refractivity contribution in [1.29, 1.82) is 0 Å². The van der Waals surface area contributed by atoms with Crippen molar-refractivity contribution in [3.63, 3.8) is 0 Å². The van der Waals surface area contributed by atoms with Gasteiger partial charge in [0.25, 0.3) is 5.91 Å². The van der Waals surface area contributed by atoms with Crippen LogP contribution in [0.1, 0.15) is 45.1 Å². The van der Waals surface area contributed by atoms with Gasteiger partial charge >= 0.3 is 6.03 Å². The van der Waals surface area contributed by atoms with Crippen LogP contribution in [0.3, 0.4) is 0 Å². The molecule has 37 heavy (non-hydrogen) atoms. The summed E-state index contributed by atoms with van der Waals surface area (Å²) in [4.78, 5) is 26.3. The summed E-state index contributed by atoms with van der Waals surface area (Å²) in [5.41, 5.74) is 4.40. The summed E-state index contributed by atoms with van der Waals surface area (Å²) in [5.74, 6) is 0.0901. The molecule has 0 fully saturated rings. The fourth-order valence-electron chi connectivity index (χ4n) is 4.51. The van der Waals surface area contributed by atoms with Crippen LogP contribution in [0, 0.1) is 0 Å². The molecule has 1 aliphatic carbocycles. The van der Waals surface area contributed by atoms with E-state index in [4.69, 9.17) is 9.47 Å². The molecule has 2 N–H and O–H groups in total. The molecule has 0 spiro atoms. The van der Waals surface area contributed by atoms with Crippen LogP contribution in [0.25, 0.3) is 0 Å². The lowest BCUT2D eigenvalue weighted by Crippen LogP contribution is -2.41. The number of carbonyl (C=O) groups is 2. The number of fused-ring (bicyclic) bond motifs is 1. The van der Waals surface area contributed by atoms with Gasteiger partial charge in [-0.05, 0) is 47.2 Å². The molecule has 0 bridgehead atoms. The third-order valence-corrected chi connectivity index (χ3v) is 6.35. The summed E-state index contributed by atoms with van der Waals surface area (Å²) in [6.45, 7) is 0.544. The van der Waals surface area contributed by atoms with Gasteiger partial charge in [-0.3, -0.25) is 10.1 Å². The Labute approximate surface area is 216 Å². The Morgan fingerprint density at radius 3 is 1.89 bits per heavy atom. The van der Waals surface area contributed by atoms with Crippen LogP contribution in [0.5, 0.6) is 11.5 Å². The van der Waals surface area contributed by atoms with E-state index in [9.17, 15) is 9.59 Å². The van der Waals surface area contributed by atoms with Crippen molar-refractivity contribution in [3.05, 3.63) is 131 Å². The highest BCUT2D eigenvalue weighted by Crippen LogP contribution is 2.32. The van der Waals surface area contributed by atoms with E-state index >= 15 is 0 Å². The monoisotopic (exact) mass is 492 g/mol. The molecule has 6 heteroatoms. The first-order valence-corrected chi connectivity index (χ1v) is 12.3. The van der Waals surface area contributed by atoms with E-state index in [1.165, 1.54) is 5.56 Å². The first-order valence-electron chi connectivity index (χ1n) is 12.3. The Morgan fingerprint density at radius 2 is 1.27 bits per heavy atom. The summed E-state index contributed by atoms with van der Waals surface area (Å²) in [5, 5.41) is 5.42. The van der Waals surface area contributed by atoms with E-state index in [0.717, 1.165) is 29.5 Å². The van der Waals surface area contributed by atoms with E-state index in [1.54, 1.807) is 18.2 Å². The Balaban J connectivity index is 1.34. The van der Waals surface area contributed by atoms with Crippen LogP contribution in [0.2, 0.25) is 0 Å². The standard InChI is InChI=1S/C31H28N2O4/c34-30(33-31(35)32-26-19-18-24-14-7-8-15-25(24)26)29-27(36-20-22-10-3-1-4-11-22)16-9-17-28(29)37-21-23-12-5-2-6-13-23/h1-17,26H,18-21H2,(H2,32,33,34,35). The van der Waals surface area contributed by atoms with Crippen molar-refractivity contribution in [2.45, 2.75) is 32.1 Å². The second-order valence-corrected chi connectivity index (χ2v) is 8.90. The van der Waals surface area contributed by atoms with Gasteiger partial charge in [0, 0.05) is 0 Å². The number of benzene rings is 4. The van der Waals surface area contributed by atoms with E-state index in [2.05, 4.69) is 16.7 Å². The first kappa shape index (κ1) is 24.1. The third kappa shape index (κ3) is 5.98. The normalized spacial score (nSPS) is 13.9. The summed E-state index contributed by atoms with van der Waals surface area (Å²) >= 11 is 0. The molecule has 1 atom stereocenters. The van der Waals surface area contributed by atoms with E-state index in [0.29, 0.717) is 11.5 Å². The van der Waals surface area contributed by atoms with Crippen molar-refractivity contribution in [3.8, 4) is 11.5 Å². The van der Waals surface area contributed by atoms with Gasteiger partial charge in [-0.2, -0.15) is 0 Å². The fourth-order valence-corrected chi connectivity index (χ4v) is 4.51. The van der Waals surface area contributed by atoms with Crippen LogP contribution in [-0.4, -0.2) is 11.9 Å². The lowest BCUT2D eigenvalue weighted by Gasteiger charge is -2.18. The van der Waals surface area contributed by atoms with Crippen molar-refractivity contribution in [2.24, 2.45) is 0 Å². The zero-order valence-corrected chi connectivity index (χ0v) is 20.4. The molecule has 1 aliphatic rings. The topological polar surface area (TPSA) is 76.7 Å². The van der Waals surface area contributed by atoms with Gasteiger partial charge in [0.1, 0.15) is 30.3 Å². The highest BCUT2D eigenvalue weighted by atomic mass is 16.5. The average Bonchev–Trinajstić information content (AvgIpc) is 3.34. The van der Waals surface area contributed by atoms with E-state index in [-0.39, 0.29) is 24.8 Å². The SMILES string of the molecule is O=C(NC(=O)c1c(OCc2ccccc2)cccc1OCc1ccccc1)NC1CCc2ccccc21. The number of ether oxygens (including phenoxy) is 2. The first-order chi connectivity index (χ1) is 18.2. The van der Waals surface area contributed by atoms with Crippen molar-refractivity contribution < 1.29 is 19.1 Å². The van der Waals surface area contributed by atoms with Gasteiger partial charge in [0.05, 0.1) is 6.04 Å². The summed E-state index contributed by atoms with van der Waals surface area (Å²) in [7, 11) is 0. The second kappa shape index (κ2) is 11.4. The number of nitrogens with one attached hydrogen (secondary N) is 2. The lowest BCUT2D eigenvalue weighted by molar-refractivity contribution is 0.0954. The third-order valence-electron chi connectivity index (χ3n) is 6.35. The molecule has 6 nitrogen and oxygen atoms in total. The molecule has 5 rings (SSSR count). The summed E-state index contributed by atoms with van der Waals surface area (Å²) in [6.07, 6.45) is 1.69. The maximum absolute atomic E-state index is 13.4. The zero-order valence-electron chi connectivity index (χ0n) is 20.4. The molecule has 1 unspecified atom stereocenters. The number of imide groups is 1. The van der Waals surface area contributed by atoms with Gasteiger partial charge in [-0.15, -0.1) is 0 Å². The molecule has 4 aromatic rings. The minimum Gasteiger partial charge on any atom is -0.488 e. The number of hydrogen-bond acceptors (Lipinski definition) is 4. The molecule has 0 saturated carbocycles. The van der Waals surface area contributed by atoms with Gasteiger partial charge in [-0.25, -0.2) is 4.79 Å². The maximum atomic E-state index is 13.4. The molecular weight excluding hydrogens is 464 g/mol. The van der Waals surface area contributed by atoms with Crippen molar-refractivity contribution in [1.82, 2.24) is 10.6 Å². The van der Waals surface area contributed by atoms with Crippen LogP contribution in [-0.2, 0) is 19.6 Å². The minimum atomic E-state index is -0.587. The summed E-state index contributed by atoms with van der Waals surface area (Å²) in [6, 6.07) is 31.9. The zero-order chi connectivity index (χ0) is 25.5. The number of rotatable bonds is 8. The molecule has 186 valence electrons. The quantitative estimate of drug-likeness (QED) is 0.318. The fraction of sp³-hybridized carbons (Fsp3) is 0.161. The second-order valence-electron chi connectivity index (χ2n) is 8.90. The van der Waals surface area contributed by atoms with Gasteiger partial charge in [-0.1, -0.05) is 91.0 Å². The Bertz CT molecular complexity index is 1310. The number of hydrogen-bond donors (Lipinski definition) is 2. The van der Waals surface area contributed by atoms with E-state index < -0.39 is 11.9 Å². The Morgan fingerprint density at radius 1 is 0.703 bits per heavy atom. The number of amides is 3. The molecular formula is C31H28N2O4. The van der Waals surface area contributed by atoms with Crippen molar-refractivity contribution >= 4 is 11.9 Å². The average molecular weight is 493 g/mol. The minimum absolute atomic E-state index is 0.137.